The molecule has 2 rings (SSSR count). The normalized spacial score (nSPS) is 21.1. The summed E-state index contributed by atoms with van der Waals surface area (Å²) >= 11 is 0. The first-order chi connectivity index (χ1) is 10.2. The van der Waals surface area contributed by atoms with E-state index in [9.17, 15) is 9.59 Å². The van der Waals surface area contributed by atoms with Crippen LogP contribution in [0.25, 0.3) is 0 Å². The number of amides is 1. The largest absolute Gasteiger partial charge is 0.467 e. The summed E-state index contributed by atoms with van der Waals surface area (Å²) in [5.41, 5.74) is 1.07. The fraction of sp³-hybridized carbons (Fsp3) is 0.412. The van der Waals surface area contributed by atoms with Gasteiger partial charge in [0.1, 0.15) is 6.04 Å². The molecule has 0 radical (unpaired) electrons. The quantitative estimate of drug-likeness (QED) is 0.618. The fourth-order valence-electron chi connectivity index (χ4n) is 2.88. The van der Waals surface area contributed by atoms with Crippen LogP contribution in [0.15, 0.2) is 43.0 Å². The number of ether oxygens (including phenoxy) is 1. The minimum atomic E-state index is -0.475. The number of benzene rings is 1. The Morgan fingerprint density at radius 1 is 1.33 bits per heavy atom. The molecule has 4 nitrogen and oxygen atoms in total. The van der Waals surface area contributed by atoms with Gasteiger partial charge in [0.15, 0.2) is 0 Å². The van der Waals surface area contributed by atoms with Gasteiger partial charge in [-0.05, 0) is 24.8 Å². The summed E-state index contributed by atoms with van der Waals surface area (Å²) in [5, 5.41) is 0. The highest BCUT2D eigenvalue weighted by molar-refractivity contribution is 5.85. The number of nitrogens with zero attached hydrogens (tertiary/aromatic N) is 1. The van der Waals surface area contributed by atoms with Crippen molar-refractivity contribution >= 4 is 11.9 Å². The number of hydrogen-bond donors (Lipinski definition) is 0. The second-order valence-corrected chi connectivity index (χ2v) is 5.17. The van der Waals surface area contributed by atoms with E-state index >= 15 is 0 Å². The lowest BCUT2D eigenvalue weighted by Crippen LogP contribution is -2.42. The summed E-state index contributed by atoms with van der Waals surface area (Å²) in [6, 6.07) is 9.32. The second-order valence-electron chi connectivity index (χ2n) is 5.17. The van der Waals surface area contributed by atoms with Gasteiger partial charge in [0.25, 0.3) is 0 Å². The number of carbonyl (C=O) groups excluding carboxylic acids is 2. The van der Waals surface area contributed by atoms with Crippen LogP contribution in [0.5, 0.6) is 0 Å². The van der Waals surface area contributed by atoms with E-state index in [1.165, 1.54) is 7.11 Å². The van der Waals surface area contributed by atoms with Gasteiger partial charge in [-0.15, -0.1) is 6.58 Å². The third-order valence-corrected chi connectivity index (χ3v) is 3.89. The number of carbonyl (C=O) groups is 2. The summed E-state index contributed by atoms with van der Waals surface area (Å²) in [5.74, 6) is -0.350. The molecule has 1 aromatic rings. The van der Waals surface area contributed by atoms with Crippen LogP contribution < -0.4 is 0 Å². The molecule has 1 amide bonds. The summed E-state index contributed by atoms with van der Waals surface area (Å²) in [6.07, 6.45) is 4.14. The Morgan fingerprint density at radius 3 is 2.67 bits per heavy atom. The predicted molar refractivity (Wildman–Crippen MR) is 80.5 cm³/mol. The van der Waals surface area contributed by atoms with E-state index in [4.69, 9.17) is 4.74 Å². The van der Waals surface area contributed by atoms with E-state index in [1.807, 2.05) is 30.3 Å². The Bertz CT molecular complexity index is 512. The average Bonchev–Trinajstić information content (AvgIpc) is 2.97. The number of esters is 1. The molecule has 1 saturated heterocycles. The van der Waals surface area contributed by atoms with Gasteiger partial charge < -0.3 is 9.64 Å². The number of likely N-dealkylation sites (tertiary alicyclic amines) is 1. The van der Waals surface area contributed by atoms with E-state index in [0.717, 1.165) is 12.0 Å². The van der Waals surface area contributed by atoms with Crippen molar-refractivity contribution in [2.24, 2.45) is 0 Å². The Kier molecular flexibility index (Phi) is 5.14. The average molecular weight is 287 g/mol. The van der Waals surface area contributed by atoms with Crippen molar-refractivity contribution in [3.8, 4) is 0 Å². The van der Waals surface area contributed by atoms with Gasteiger partial charge in [-0.2, -0.15) is 0 Å². The molecular weight excluding hydrogens is 266 g/mol. The summed E-state index contributed by atoms with van der Waals surface area (Å²) < 4.78 is 4.85. The molecule has 0 spiro atoms. The van der Waals surface area contributed by atoms with Crippen molar-refractivity contribution in [3.63, 3.8) is 0 Å². The van der Waals surface area contributed by atoms with Crippen molar-refractivity contribution in [3.05, 3.63) is 48.6 Å². The molecule has 0 aromatic heterocycles. The molecule has 1 fully saturated rings. The van der Waals surface area contributed by atoms with E-state index in [-0.39, 0.29) is 17.9 Å². The Morgan fingerprint density at radius 2 is 2.05 bits per heavy atom. The number of hydrogen-bond acceptors (Lipinski definition) is 3. The van der Waals surface area contributed by atoms with Crippen LogP contribution >= 0.6 is 0 Å². The first kappa shape index (κ1) is 15.3. The molecule has 112 valence electrons. The predicted octanol–water partition coefficient (Wildman–Crippen LogP) is 2.86. The Labute approximate surface area is 125 Å². The summed E-state index contributed by atoms with van der Waals surface area (Å²) in [6.45, 7) is 3.64. The zero-order valence-electron chi connectivity index (χ0n) is 12.3. The maximum absolute atomic E-state index is 12.5. The maximum atomic E-state index is 12.5. The third-order valence-electron chi connectivity index (χ3n) is 3.89. The molecule has 2 atom stereocenters. The van der Waals surface area contributed by atoms with Crippen molar-refractivity contribution < 1.29 is 14.3 Å². The minimum Gasteiger partial charge on any atom is -0.467 e. The van der Waals surface area contributed by atoms with Crippen molar-refractivity contribution in [2.45, 2.75) is 37.8 Å². The molecule has 1 aliphatic heterocycles. The Balaban J connectivity index is 2.25. The second kappa shape index (κ2) is 7.07. The van der Waals surface area contributed by atoms with Crippen LogP contribution in [0.1, 0.15) is 37.3 Å². The van der Waals surface area contributed by atoms with Crippen LogP contribution in [-0.2, 0) is 14.3 Å². The highest BCUT2D eigenvalue weighted by atomic mass is 16.5. The SMILES string of the molecule is C=CCCC(=O)N1[C@@H](C(=O)OC)CC[C@@H]1c1ccccc1. The number of allylic oxidation sites excluding steroid dienone is 1. The Hall–Kier alpha value is -2.10. The molecule has 1 aromatic carbocycles. The van der Waals surface area contributed by atoms with Crippen LogP contribution in [-0.4, -0.2) is 29.9 Å². The standard InChI is InChI=1S/C17H21NO3/c1-3-4-10-16(19)18-14(13-8-6-5-7-9-13)11-12-15(18)17(20)21-2/h3,5-9,14-15H,1,4,10-12H2,2H3/t14-,15-/m1/s1. The number of methoxy groups -OCH3 is 1. The molecule has 0 bridgehead atoms. The molecule has 0 N–H and O–H groups in total. The highest BCUT2D eigenvalue weighted by Gasteiger charge is 2.41. The van der Waals surface area contributed by atoms with Crippen molar-refractivity contribution in [1.82, 2.24) is 4.90 Å². The monoisotopic (exact) mass is 287 g/mol. The van der Waals surface area contributed by atoms with Gasteiger partial charge in [-0.1, -0.05) is 36.4 Å². The van der Waals surface area contributed by atoms with Gasteiger partial charge in [-0.3, -0.25) is 4.79 Å². The van der Waals surface area contributed by atoms with E-state index in [2.05, 4.69) is 6.58 Å². The van der Waals surface area contributed by atoms with Crippen LogP contribution in [0.2, 0.25) is 0 Å². The van der Waals surface area contributed by atoms with Gasteiger partial charge in [0.05, 0.1) is 13.2 Å². The zero-order valence-corrected chi connectivity index (χ0v) is 12.3. The van der Waals surface area contributed by atoms with Gasteiger partial charge >= 0.3 is 5.97 Å². The first-order valence-electron chi connectivity index (χ1n) is 7.24. The zero-order chi connectivity index (χ0) is 15.2. The third kappa shape index (κ3) is 3.32. The molecule has 1 aliphatic rings. The lowest BCUT2D eigenvalue weighted by atomic mass is 10.0. The molecule has 21 heavy (non-hydrogen) atoms. The molecule has 0 saturated carbocycles. The van der Waals surface area contributed by atoms with Crippen LogP contribution in [0.3, 0.4) is 0 Å². The molecule has 4 heteroatoms. The van der Waals surface area contributed by atoms with Gasteiger partial charge in [0, 0.05) is 6.42 Å². The van der Waals surface area contributed by atoms with Crippen molar-refractivity contribution in [1.29, 1.82) is 0 Å². The fourth-order valence-corrected chi connectivity index (χ4v) is 2.88. The van der Waals surface area contributed by atoms with Gasteiger partial charge in [0.2, 0.25) is 5.91 Å². The van der Waals surface area contributed by atoms with Gasteiger partial charge in [-0.25, -0.2) is 4.79 Å². The van der Waals surface area contributed by atoms with Crippen LogP contribution in [0, 0.1) is 0 Å². The minimum absolute atomic E-state index is 0.0170. The van der Waals surface area contributed by atoms with Crippen LogP contribution in [0.4, 0.5) is 0 Å². The molecule has 0 aliphatic carbocycles. The number of rotatable bonds is 5. The summed E-state index contributed by atoms with van der Waals surface area (Å²) in [4.78, 5) is 26.1. The smallest absolute Gasteiger partial charge is 0.328 e. The molecule has 0 unspecified atom stereocenters. The molecule has 1 heterocycles. The summed E-state index contributed by atoms with van der Waals surface area (Å²) in [7, 11) is 1.37. The maximum Gasteiger partial charge on any atom is 0.328 e. The molecular formula is C17H21NO3. The van der Waals surface area contributed by atoms with E-state index in [0.29, 0.717) is 19.3 Å². The topological polar surface area (TPSA) is 46.6 Å². The lowest BCUT2D eigenvalue weighted by molar-refractivity contribution is -0.152. The van der Waals surface area contributed by atoms with Crippen molar-refractivity contribution in [2.75, 3.05) is 7.11 Å². The highest BCUT2D eigenvalue weighted by Crippen LogP contribution is 2.37. The first-order valence-corrected chi connectivity index (χ1v) is 7.24. The lowest BCUT2D eigenvalue weighted by Gasteiger charge is -2.29. The van der Waals surface area contributed by atoms with E-state index < -0.39 is 6.04 Å². The van der Waals surface area contributed by atoms with E-state index in [1.54, 1.807) is 11.0 Å².